The zero-order chi connectivity index (χ0) is 13.1. The molecule has 1 N–H and O–H groups in total. The fourth-order valence-corrected chi connectivity index (χ4v) is 3.21. The summed E-state index contributed by atoms with van der Waals surface area (Å²) in [5.74, 6) is 0. The van der Waals surface area contributed by atoms with E-state index in [0.29, 0.717) is 0 Å². The van der Waals surface area contributed by atoms with Gasteiger partial charge in [-0.15, -0.1) is 11.3 Å². The Bertz CT molecular complexity index is 536. The zero-order valence-electron chi connectivity index (χ0n) is 11.2. The standard InChI is InChI=1S/C15H19N3S/c1-18-9-2-3-12-11-13(4-5-14(12)18)16-7-6-15-17-8-10-19-15/h4-5,8,10-11,16H,2-3,6-7,9H2,1H3. The summed E-state index contributed by atoms with van der Waals surface area (Å²) < 4.78 is 0. The van der Waals surface area contributed by atoms with Gasteiger partial charge < -0.3 is 10.2 Å². The van der Waals surface area contributed by atoms with Gasteiger partial charge in [0.15, 0.2) is 0 Å². The molecule has 19 heavy (non-hydrogen) atoms. The first-order valence-corrected chi connectivity index (χ1v) is 7.67. The SMILES string of the molecule is CN1CCCc2cc(NCCc3nccs3)ccc21. The van der Waals surface area contributed by atoms with Gasteiger partial charge in [-0.25, -0.2) is 4.98 Å². The van der Waals surface area contributed by atoms with Crippen LogP contribution >= 0.6 is 11.3 Å². The summed E-state index contributed by atoms with van der Waals surface area (Å²) in [4.78, 5) is 6.64. The highest BCUT2D eigenvalue weighted by Gasteiger charge is 2.13. The smallest absolute Gasteiger partial charge is 0.0942 e. The van der Waals surface area contributed by atoms with E-state index in [0.717, 1.165) is 13.0 Å². The van der Waals surface area contributed by atoms with Crippen molar-refractivity contribution in [2.24, 2.45) is 0 Å². The lowest BCUT2D eigenvalue weighted by Gasteiger charge is -2.27. The summed E-state index contributed by atoms with van der Waals surface area (Å²) >= 11 is 1.72. The minimum Gasteiger partial charge on any atom is -0.385 e. The van der Waals surface area contributed by atoms with E-state index in [4.69, 9.17) is 0 Å². The van der Waals surface area contributed by atoms with Crippen LogP contribution in [0.2, 0.25) is 0 Å². The first-order chi connectivity index (χ1) is 9.33. The maximum Gasteiger partial charge on any atom is 0.0942 e. The van der Waals surface area contributed by atoms with Gasteiger partial charge in [0.25, 0.3) is 0 Å². The molecule has 0 fully saturated rings. The lowest BCUT2D eigenvalue weighted by molar-refractivity contribution is 0.744. The average Bonchev–Trinajstić information content (AvgIpc) is 2.92. The average molecular weight is 273 g/mol. The number of aromatic nitrogens is 1. The number of thiazole rings is 1. The molecule has 0 amide bonds. The minimum atomic E-state index is 0.947. The minimum absolute atomic E-state index is 0.947. The molecule has 4 heteroatoms. The molecule has 100 valence electrons. The Kier molecular flexibility index (Phi) is 3.69. The lowest BCUT2D eigenvalue weighted by atomic mass is 10.0. The van der Waals surface area contributed by atoms with Gasteiger partial charge in [-0.3, -0.25) is 0 Å². The molecule has 0 saturated heterocycles. The number of anilines is 2. The normalized spacial score (nSPS) is 14.3. The van der Waals surface area contributed by atoms with Gasteiger partial charge >= 0.3 is 0 Å². The molecule has 1 aliphatic rings. The molecule has 0 saturated carbocycles. The maximum atomic E-state index is 4.30. The molecular weight excluding hydrogens is 254 g/mol. The molecule has 0 atom stereocenters. The van der Waals surface area contributed by atoms with Crippen molar-refractivity contribution >= 4 is 22.7 Å². The van der Waals surface area contributed by atoms with Gasteiger partial charge in [0.1, 0.15) is 0 Å². The van der Waals surface area contributed by atoms with Crippen LogP contribution in [0.15, 0.2) is 29.8 Å². The van der Waals surface area contributed by atoms with Crippen LogP contribution < -0.4 is 10.2 Å². The number of nitrogens with zero attached hydrogens (tertiary/aromatic N) is 2. The fourth-order valence-electron chi connectivity index (χ4n) is 2.59. The topological polar surface area (TPSA) is 28.2 Å². The summed E-state index contributed by atoms with van der Waals surface area (Å²) in [6, 6.07) is 6.72. The number of hydrogen-bond donors (Lipinski definition) is 1. The maximum absolute atomic E-state index is 4.30. The molecule has 3 rings (SSSR count). The lowest BCUT2D eigenvalue weighted by Crippen LogP contribution is -2.24. The predicted octanol–water partition coefficient (Wildman–Crippen LogP) is 3.18. The van der Waals surface area contributed by atoms with E-state index in [2.05, 4.69) is 40.4 Å². The van der Waals surface area contributed by atoms with E-state index in [1.54, 1.807) is 11.3 Å². The fraction of sp³-hybridized carbons (Fsp3) is 0.400. The second-order valence-corrected chi connectivity index (χ2v) is 5.95. The highest BCUT2D eigenvalue weighted by Crippen LogP contribution is 2.28. The summed E-state index contributed by atoms with van der Waals surface area (Å²) in [7, 11) is 2.17. The van der Waals surface area contributed by atoms with Gasteiger partial charge in [-0.2, -0.15) is 0 Å². The van der Waals surface area contributed by atoms with Crippen LogP contribution in [0.5, 0.6) is 0 Å². The number of aryl methyl sites for hydroxylation is 1. The number of nitrogens with one attached hydrogen (secondary N) is 1. The van der Waals surface area contributed by atoms with Crippen molar-refractivity contribution in [3.63, 3.8) is 0 Å². The van der Waals surface area contributed by atoms with E-state index in [-0.39, 0.29) is 0 Å². The largest absolute Gasteiger partial charge is 0.385 e. The Balaban J connectivity index is 1.62. The van der Waals surface area contributed by atoms with Gasteiger partial charge in [0, 0.05) is 49.5 Å². The number of fused-ring (bicyclic) bond motifs is 1. The third-order valence-corrected chi connectivity index (χ3v) is 4.42. The van der Waals surface area contributed by atoms with Crippen molar-refractivity contribution in [2.45, 2.75) is 19.3 Å². The van der Waals surface area contributed by atoms with Crippen molar-refractivity contribution in [1.82, 2.24) is 4.98 Å². The summed E-state index contributed by atoms with van der Waals surface area (Å²) in [6.07, 6.45) is 5.32. The Morgan fingerprint density at radius 3 is 3.21 bits per heavy atom. The van der Waals surface area contributed by atoms with E-state index in [1.165, 1.54) is 41.3 Å². The molecule has 1 aliphatic heterocycles. The Labute approximate surface area is 118 Å². The number of benzene rings is 1. The van der Waals surface area contributed by atoms with Crippen LogP contribution in [0.4, 0.5) is 11.4 Å². The molecule has 0 bridgehead atoms. The van der Waals surface area contributed by atoms with Crippen LogP contribution in [0.3, 0.4) is 0 Å². The monoisotopic (exact) mass is 273 g/mol. The van der Waals surface area contributed by atoms with Crippen LogP contribution in [0.1, 0.15) is 17.0 Å². The summed E-state index contributed by atoms with van der Waals surface area (Å²) in [5, 5.41) is 6.73. The van der Waals surface area contributed by atoms with E-state index in [1.807, 2.05) is 11.6 Å². The molecule has 3 nitrogen and oxygen atoms in total. The Morgan fingerprint density at radius 2 is 2.37 bits per heavy atom. The van der Waals surface area contributed by atoms with Crippen molar-refractivity contribution in [2.75, 3.05) is 30.4 Å². The molecule has 0 radical (unpaired) electrons. The van der Waals surface area contributed by atoms with Crippen LogP contribution in [-0.4, -0.2) is 25.1 Å². The van der Waals surface area contributed by atoms with Crippen LogP contribution in [-0.2, 0) is 12.8 Å². The van der Waals surface area contributed by atoms with Crippen LogP contribution in [0.25, 0.3) is 0 Å². The number of rotatable bonds is 4. The van der Waals surface area contributed by atoms with Gasteiger partial charge in [0.2, 0.25) is 0 Å². The molecule has 0 aliphatic carbocycles. The van der Waals surface area contributed by atoms with E-state index >= 15 is 0 Å². The van der Waals surface area contributed by atoms with Gasteiger partial charge in [0.05, 0.1) is 5.01 Å². The number of hydrogen-bond acceptors (Lipinski definition) is 4. The molecule has 2 heterocycles. The van der Waals surface area contributed by atoms with Crippen molar-refractivity contribution in [3.8, 4) is 0 Å². The highest BCUT2D eigenvalue weighted by atomic mass is 32.1. The van der Waals surface area contributed by atoms with E-state index < -0.39 is 0 Å². The molecular formula is C15H19N3S. The molecule has 0 spiro atoms. The predicted molar refractivity (Wildman–Crippen MR) is 82.3 cm³/mol. The van der Waals surface area contributed by atoms with E-state index in [9.17, 15) is 0 Å². The summed E-state index contributed by atoms with van der Waals surface area (Å²) in [5.41, 5.74) is 4.08. The first-order valence-electron chi connectivity index (χ1n) is 6.79. The van der Waals surface area contributed by atoms with Gasteiger partial charge in [-0.1, -0.05) is 0 Å². The second-order valence-electron chi connectivity index (χ2n) is 4.97. The van der Waals surface area contributed by atoms with Gasteiger partial charge in [-0.05, 0) is 36.6 Å². The van der Waals surface area contributed by atoms with Crippen molar-refractivity contribution in [3.05, 3.63) is 40.3 Å². The third kappa shape index (κ3) is 2.89. The molecule has 2 aromatic rings. The highest BCUT2D eigenvalue weighted by molar-refractivity contribution is 7.09. The second kappa shape index (κ2) is 5.61. The summed E-state index contributed by atoms with van der Waals surface area (Å²) in [6.45, 7) is 2.12. The third-order valence-electron chi connectivity index (χ3n) is 3.58. The zero-order valence-corrected chi connectivity index (χ0v) is 12.0. The molecule has 1 aromatic carbocycles. The van der Waals surface area contributed by atoms with Crippen molar-refractivity contribution < 1.29 is 0 Å². The first kappa shape index (κ1) is 12.5. The van der Waals surface area contributed by atoms with Crippen LogP contribution in [0, 0.1) is 0 Å². The van der Waals surface area contributed by atoms with Crippen molar-refractivity contribution in [1.29, 1.82) is 0 Å². The molecule has 1 aromatic heterocycles. The quantitative estimate of drug-likeness (QED) is 0.927. The Hall–Kier alpha value is -1.55. The molecule has 0 unspecified atom stereocenters. The Morgan fingerprint density at radius 1 is 1.42 bits per heavy atom.